The van der Waals surface area contributed by atoms with Crippen molar-refractivity contribution in [2.24, 2.45) is 0 Å². The normalized spacial score (nSPS) is 13.7. The van der Waals surface area contributed by atoms with Crippen LogP contribution in [0.25, 0.3) is 10.2 Å². The number of ether oxygens (including phenoxy) is 1. The lowest BCUT2D eigenvalue weighted by atomic mass is 10.2. The van der Waals surface area contributed by atoms with Crippen molar-refractivity contribution in [1.29, 1.82) is 0 Å². The van der Waals surface area contributed by atoms with Gasteiger partial charge in [0.2, 0.25) is 14.2 Å². The molecule has 0 aliphatic rings. The summed E-state index contributed by atoms with van der Waals surface area (Å²) in [6.45, 7) is 6.86. The number of nitrogens with one attached hydrogen (secondary N) is 1. The average molecular weight is 356 g/mol. The van der Waals surface area contributed by atoms with E-state index in [1.165, 1.54) is 0 Å². The minimum atomic E-state index is -3.57. The van der Waals surface area contributed by atoms with Crippen molar-refractivity contribution in [3.63, 3.8) is 0 Å². The van der Waals surface area contributed by atoms with Gasteiger partial charge < -0.3 is 10.1 Å². The standard InChI is InChI=1S/C15H20N2O4S2/c1-10(16-13(18)21-15(2,3)4)9-23(19,20)14-17-11-7-5-6-8-12(11)22-14/h5-8,10H,9H2,1-4H3,(H,16,18)/t10-/m1/s1. The third-order valence-electron chi connectivity index (χ3n) is 2.77. The fourth-order valence-corrected chi connectivity index (χ4v) is 4.73. The van der Waals surface area contributed by atoms with Gasteiger partial charge >= 0.3 is 6.09 Å². The second-order valence-corrected chi connectivity index (χ2v) is 9.51. The molecule has 1 amide bonds. The van der Waals surface area contributed by atoms with Crippen LogP contribution in [0.2, 0.25) is 0 Å². The summed E-state index contributed by atoms with van der Waals surface area (Å²) in [5.74, 6) is -0.230. The van der Waals surface area contributed by atoms with Crippen LogP contribution in [0.15, 0.2) is 28.6 Å². The van der Waals surface area contributed by atoms with E-state index in [-0.39, 0.29) is 10.1 Å². The Morgan fingerprint density at radius 2 is 2.00 bits per heavy atom. The van der Waals surface area contributed by atoms with E-state index in [4.69, 9.17) is 4.74 Å². The van der Waals surface area contributed by atoms with E-state index in [9.17, 15) is 13.2 Å². The van der Waals surface area contributed by atoms with Gasteiger partial charge in [-0.3, -0.25) is 0 Å². The summed E-state index contributed by atoms with van der Waals surface area (Å²) in [5, 5.41) is 2.53. The molecule has 0 fully saturated rings. The number of fused-ring (bicyclic) bond motifs is 1. The maximum absolute atomic E-state index is 12.4. The van der Waals surface area contributed by atoms with E-state index < -0.39 is 27.6 Å². The third kappa shape index (κ3) is 4.90. The number of alkyl carbamates (subject to hydrolysis) is 1. The first-order chi connectivity index (χ1) is 10.6. The zero-order chi connectivity index (χ0) is 17.3. The summed E-state index contributed by atoms with van der Waals surface area (Å²) in [5.41, 5.74) is 0.0271. The number of hydrogen-bond acceptors (Lipinski definition) is 6. The number of aromatic nitrogens is 1. The number of thiazole rings is 1. The molecule has 0 saturated heterocycles. The van der Waals surface area contributed by atoms with Crippen LogP contribution in [0.4, 0.5) is 4.79 Å². The van der Waals surface area contributed by atoms with Crippen molar-refractivity contribution in [2.45, 2.75) is 43.7 Å². The lowest BCUT2D eigenvalue weighted by Crippen LogP contribution is -2.40. The first kappa shape index (κ1) is 17.7. The number of benzene rings is 1. The number of nitrogens with zero attached hydrogens (tertiary/aromatic N) is 1. The molecule has 0 aliphatic carbocycles. The Bertz CT molecular complexity index is 773. The van der Waals surface area contributed by atoms with Gasteiger partial charge in [-0.1, -0.05) is 12.1 Å². The fourth-order valence-electron chi connectivity index (χ4n) is 1.93. The zero-order valence-electron chi connectivity index (χ0n) is 13.5. The fraction of sp³-hybridized carbons (Fsp3) is 0.467. The summed E-state index contributed by atoms with van der Waals surface area (Å²) < 4.78 is 30.9. The molecule has 0 bridgehead atoms. The number of sulfone groups is 1. The van der Waals surface area contributed by atoms with Crippen molar-refractivity contribution in [1.82, 2.24) is 10.3 Å². The summed E-state index contributed by atoms with van der Waals surface area (Å²) in [6.07, 6.45) is -0.635. The van der Waals surface area contributed by atoms with Gasteiger partial charge in [-0.2, -0.15) is 0 Å². The Labute approximate surface area is 139 Å². The van der Waals surface area contributed by atoms with Gasteiger partial charge in [0, 0.05) is 6.04 Å². The lowest BCUT2D eigenvalue weighted by molar-refractivity contribution is 0.0513. The van der Waals surface area contributed by atoms with Crippen molar-refractivity contribution in [3.8, 4) is 0 Å². The van der Waals surface area contributed by atoms with Crippen LogP contribution in [0.1, 0.15) is 27.7 Å². The van der Waals surface area contributed by atoms with E-state index in [1.54, 1.807) is 33.8 Å². The molecule has 0 aliphatic heterocycles. The average Bonchev–Trinajstić information content (AvgIpc) is 2.79. The summed E-state index contributed by atoms with van der Waals surface area (Å²) in [7, 11) is -3.57. The van der Waals surface area contributed by atoms with E-state index in [0.717, 1.165) is 16.0 Å². The van der Waals surface area contributed by atoms with Crippen molar-refractivity contribution >= 4 is 37.5 Å². The lowest BCUT2D eigenvalue weighted by Gasteiger charge is -2.21. The topological polar surface area (TPSA) is 85.4 Å². The summed E-state index contributed by atoms with van der Waals surface area (Å²) in [4.78, 5) is 15.9. The van der Waals surface area contributed by atoms with Gasteiger partial charge in [-0.15, -0.1) is 11.3 Å². The molecule has 2 aromatic rings. The Hall–Kier alpha value is -1.67. The summed E-state index contributed by atoms with van der Waals surface area (Å²) >= 11 is 1.13. The second kappa shape index (κ2) is 6.45. The third-order valence-corrected chi connectivity index (χ3v) is 6.18. The molecule has 0 radical (unpaired) electrons. The first-order valence-electron chi connectivity index (χ1n) is 7.15. The van der Waals surface area contributed by atoms with E-state index in [2.05, 4.69) is 10.3 Å². The number of carbonyl (C=O) groups is 1. The number of para-hydroxylation sites is 1. The highest BCUT2D eigenvalue weighted by molar-refractivity contribution is 7.93. The first-order valence-corrected chi connectivity index (χ1v) is 9.61. The molecule has 1 aromatic heterocycles. The zero-order valence-corrected chi connectivity index (χ0v) is 15.1. The highest BCUT2D eigenvalue weighted by Gasteiger charge is 2.25. The highest BCUT2D eigenvalue weighted by atomic mass is 32.2. The predicted molar refractivity (Wildman–Crippen MR) is 90.5 cm³/mol. The number of rotatable bonds is 4. The number of hydrogen-bond donors (Lipinski definition) is 1. The van der Waals surface area contributed by atoms with E-state index >= 15 is 0 Å². The number of amides is 1. The predicted octanol–water partition coefficient (Wildman–Crippen LogP) is 2.98. The van der Waals surface area contributed by atoms with Crippen LogP contribution in [0.3, 0.4) is 0 Å². The van der Waals surface area contributed by atoms with Gasteiger partial charge in [0.05, 0.1) is 16.0 Å². The Balaban J connectivity index is 2.07. The van der Waals surface area contributed by atoms with Crippen molar-refractivity contribution in [3.05, 3.63) is 24.3 Å². The molecule has 1 N–H and O–H groups in total. The molecule has 6 nitrogen and oxygen atoms in total. The largest absolute Gasteiger partial charge is 0.444 e. The maximum atomic E-state index is 12.4. The summed E-state index contributed by atoms with van der Waals surface area (Å²) in [6, 6.07) is 6.66. The maximum Gasteiger partial charge on any atom is 0.407 e. The molecule has 0 unspecified atom stereocenters. The van der Waals surface area contributed by atoms with E-state index in [0.29, 0.717) is 5.52 Å². The Kier molecular flexibility index (Phi) is 4.95. The van der Waals surface area contributed by atoms with Gasteiger partial charge in [0.15, 0.2) is 0 Å². The number of carbonyl (C=O) groups excluding carboxylic acids is 1. The molecule has 23 heavy (non-hydrogen) atoms. The van der Waals surface area contributed by atoms with Crippen LogP contribution in [0.5, 0.6) is 0 Å². The SMILES string of the molecule is C[C@H](CS(=O)(=O)c1nc2ccccc2s1)NC(=O)OC(C)(C)C. The van der Waals surface area contributed by atoms with E-state index in [1.807, 2.05) is 18.2 Å². The van der Waals surface area contributed by atoms with Crippen LogP contribution in [-0.4, -0.2) is 36.9 Å². The smallest absolute Gasteiger partial charge is 0.407 e. The van der Waals surface area contributed by atoms with Crippen molar-refractivity contribution < 1.29 is 17.9 Å². The molecule has 8 heteroatoms. The van der Waals surface area contributed by atoms with Gasteiger partial charge in [0.25, 0.3) is 0 Å². The molecule has 126 valence electrons. The van der Waals surface area contributed by atoms with Gasteiger partial charge in [-0.25, -0.2) is 18.2 Å². The Morgan fingerprint density at radius 3 is 2.61 bits per heavy atom. The molecule has 1 heterocycles. The van der Waals surface area contributed by atoms with Crippen LogP contribution < -0.4 is 5.32 Å². The molecular weight excluding hydrogens is 336 g/mol. The van der Waals surface area contributed by atoms with Crippen LogP contribution in [0, 0.1) is 0 Å². The van der Waals surface area contributed by atoms with Crippen molar-refractivity contribution in [2.75, 3.05) is 5.75 Å². The second-order valence-electron chi connectivity index (χ2n) is 6.28. The highest BCUT2D eigenvalue weighted by Crippen LogP contribution is 2.26. The minimum absolute atomic E-state index is 0.0662. The molecule has 0 saturated carbocycles. The quantitative estimate of drug-likeness (QED) is 0.910. The van der Waals surface area contributed by atoms with Crippen LogP contribution in [-0.2, 0) is 14.6 Å². The molecule has 0 spiro atoms. The minimum Gasteiger partial charge on any atom is -0.444 e. The Morgan fingerprint density at radius 1 is 1.35 bits per heavy atom. The molecule has 1 aromatic carbocycles. The monoisotopic (exact) mass is 356 g/mol. The molecule has 1 atom stereocenters. The molecule has 2 rings (SSSR count). The molecular formula is C15H20N2O4S2. The van der Waals surface area contributed by atoms with Gasteiger partial charge in [-0.05, 0) is 39.8 Å². The van der Waals surface area contributed by atoms with Gasteiger partial charge in [0.1, 0.15) is 5.60 Å². The van der Waals surface area contributed by atoms with Crippen LogP contribution >= 0.6 is 11.3 Å².